The lowest BCUT2D eigenvalue weighted by molar-refractivity contribution is -0.136. The number of carbonyl (C=O) groups is 1. The van der Waals surface area contributed by atoms with Crippen molar-refractivity contribution in [2.45, 2.75) is 12.8 Å². The number of aliphatic carboxylic acids is 1. The number of phenolic OH excluding ortho intramolecular Hbond substituents is 1. The summed E-state index contributed by atoms with van der Waals surface area (Å²) in [4.78, 5) is 10.5. The van der Waals surface area contributed by atoms with E-state index in [0.29, 0.717) is 17.1 Å². The Morgan fingerprint density at radius 2 is 2.29 bits per heavy atom. The molecule has 1 aromatic carbocycles. The van der Waals surface area contributed by atoms with Crippen LogP contribution in [-0.4, -0.2) is 30.1 Å². The predicted molar refractivity (Wildman–Crippen MR) is 56.7 cm³/mol. The van der Waals surface area contributed by atoms with Gasteiger partial charge >= 0.3 is 5.97 Å². The zero-order valence-electron chi connectivity index (χ0n) is 9.23. The highest BCUT2D eigenvalue weighted by Gasteiger charge is 2.25. The molecule has 0 aromatic heterocycles. The quantitative estimate of drug-likeness (QED) is 0.821. The Bertz CT molecular complexity index is 454. The van der Waals surface area contributed by atoms with Crippen LogP contribution >= 0.6 is 0 Å². The van der Waals surface area contributed by atoms with Gasteiger partial charge in [0.15, 0.2) is 11.5 Å². The second-order valence-corrected chi connectivity index (χ2v) is 3.55. The number of carboxylic acid groups (broad SMARTS) is 1. The lowest BCUT2D eigenvalue weighted by Crippen LogP contribution is -1.99. The van der Waals surface area contributed by atoms with E-state index in [1.807, 2.05) is 0 Å². The number of fused-ring (bicyclic) bond motifs is 1. The maximum atomic E-state index is 10.5. The van der Waals surface area contributed by atoms with Gasteiger partial charge in [-0.25, -0.2) is 0 Å². The van der Waals surface area contributed by atoms with Crippen molar-refractivity contribution in [3.05, 3.63) is 11.6 Å². The fourth-order valence-electron chi connectivity index (χ4n) is 1.67. The van der Waals surface area contributed by atoms with E-state index in [4.69, 9.17) is 19.3 Å². The van der Waals surface area contributed by atoms with E-state index in [0.717, 1.165) is 0 Å². The van der Waals surface area contributed by atoms with Gasteiger partial charge in [0, 0.05) is 12.0 Å². The summed E-state index contributed by atoms with van der Waals surface area (Å²) in [5.74, 6) is -0.0384. The van der Waals surface area contributed by atoms with Crippen molar-refractivity contribution in [2.24, 2.45) is 0 Å². The third kappa shape index (κ3) is 2.06. The van der Waals surface area contributed by atoms with E-state index < -0.39 is 5.97 Å². The van der Waals surface area contributed by atoms with Crippen LogP contribution in [0.5, 0.6) is 23.0 Å². The van der Waals surface area contributed by atoms with Gasteiger partial charge in [0.05, 0.1) is 7.11 Å². The highest BCUT2D eigenvalue weighted by atomic mass is 16.7. The number of ether oxygens (including phenoxy) is 3. The first-order valence-corrected chi connectivity index (χ1v) is 5.03. The minimum atomic E-state index is -0.930. The van der Waals surface area contributed by atoms with Crippen molar-refractivity contribution in [1.29, 1.82) is 0 Å². The molecule has 1 heterocycles. The largest absolute Gasteiger partial charge is 0.504 e. The second-order valence-electron chi connectivity index (χ2n) is 3.55. The van der Waals surface area contributed by atoms with Gasteiger partial charge in [-0.2, -0.15) is 0 Å². The summed E-state index contributed by atoms with van der Waals surface area (Å²) < 4.78 is 15.4. The summed E-state index contributed by atoms with van der Waals surface area (Å²) in [6, 6.07) is 1.57. The summed E-state index contributed by atoms with van der Waals surface area (Å²) in [7, 11) is 1.40. The van der Waals surface area contributed by atoms with Crippen LogP contribution in [0.4, 0.5) is 0 Å². The molecule has 6 heteroatoms. The highest BCUT2D eigenvalue weighted by Crippen LogP contribution is 2.48. The standard InChI is InChI=1S/C11H12O6/c1-15-11-9(14)6(2-3-8(12)13)4-7-10(11)17-5-16-7/h4,14H,2-3,5H2,1H3,(H,12,13). The van der Waals surface area contributed by atoms with Gasteiger partial charge in [-0.1, -0.05) is 0 Å². The van der Waals surface area contributed by atoms with Crippen LogP contribution in [0.3, 0.4) is 0 Å². The molecular formula is C11H12O6. The number of rotatable bonds is 4. The Morgan fingerprint density at radius 1 is 1.53 bits per heavy atom. The Hall–Kier alpha value is -2.11. The molecule has 0 radical (unpaired) electrons. The van der Waals surface area contributed by atoms with Gasteiger partial charge in [-0.15, -0.1) is 0 Å². The zero-order valence-corrected chi connectivity index (χ0v) is 9.23. The molecule has 17 heavy (non-hydrogen) atoms. The van der Waals surface area contributed by atoms with Gasteiger partial charge in [0.25, 0.3) is 0 Å². The summed E-state index contributed by atoms with van der Waals surface area (Å²) in [5.41, 5.74) is 0.466. The van der Waals surface area contributed by atoms with Crippen molar-refractivity contribution < 1.29 is 29.2 Å². The average Bonchev–Trinajstić information content (AvgIpc) is 2.74. The highest BCUT2D eigenvalue weighted by molar-refractivity contribution is 5.68. The number of benzene rings is 1. The third-order valence-corrected chi connectivity index (χ3v) is 2.48. The molecule has 1 aliphatic rings. The van der Waals surface area contributed by atoms with Crippen molar-refractivity contribution in [3.8, 4) is 23.0 Å². The molecule has 0 saturated heterocycles. The first kappa shape index (κ1) is 11.4. The van der Waals surface area contributed by atoms with E-state index in [2.05, 4.69) is 0 Å². The molecule has 92 valence electrons. The molecule has 2 N–H and O–H groups in total. The van der Waals surface area contributed by atoms with E-state index in [9.17, 15) is 9.90 Å². The number of hydrogen-bond acceptors (Lipinski definition) is 5. The van der Waals surface area contributed by atoms with E-state index in [-0.39, 0.29) is 31.1 Å². The maximum Gasteiger partial charge on any atom is 0.303 e. The van der Waals surface area contributed by atoms with Crippen LogP contribution in [-0.2, 0) is 11.2 Å². The van der Waals surface area contributed by atoms with E-state index >= 15 is 0 Å². The number of aryl methyl sites for hydroxylation is 1. The van der Waals surface area contributed by atoms with Gasteiger partial charge in [-0.05, 0) is 12.5 Å². The molecule has 6 nitrogen and oxygen atoms in total. The molecule has 1 aromatic rings. The van der Waals surface area contributed by atoms with Crippen molar-refractivity contribution in [3.63, 3.8) is 0 Å². The lowest BCUT2D eigenvalue weighted by atomic mass is 10.1. The maximum absolute atomic E-state index is 10.5. The molecule has 0 unspecified atom stereocenters. The zero-order chi connectivity index (χ0) is 12.4. The smallest absolute Gasteiger partial charge is 0.303 e. The minimum Gasteiger partial charge on any atom is -0.504 e. The van der Waals surface area contributed by atoms with Crippen LogP contribution in [0, 0.1) is 0 Å². The van der Waals surface area contributed by atoms with Crippen molar-refractivity contribution in [2.75, 3.05) is 13.9 Å². The Labute approximate surface area is 97.3 Å². The fraction of sp³-hybridized carbons (Fsp3) is 0.364. The summed E-state index contributed by atoms with van der Waals surface area (Å²) in [6.07, 6.45) is 0.129. The van der Waals surface area contributed by atoms with Crippen molar-refractivity contribution in [1.82, 2.24) is 0 Å². The average molecular weight is 240 g/mol. The Kier molecular flexibility index (Phi) is 2.95. The molecule has 0 atom stereocenters. The SMILES string of the molecule is COc1c(O)c(CCC(=O)O)cc2c1OCO2. The molecular weight excluding hydrogens is 228 g/mol. The second kappa shape index (κ2) is 4.40. The topological polar surface area (TPSA) is 85.2 Å². The van der Waals surface area contributed by atoms with Gasteiger partial charge in [0.1, 0.15) is 0 Å². The van der Waals surface area contributed by atoms with Crippen LogP contribution in [0.1, 0.15) is 12.0 Å². The molecule has 1 aliphatic heterocycles. The number of phenols is 1. The summed E-state index contributed by atoms with van der Waals surface area (Å²) in [5, 5.41) is 18.5. The fourth-order valence-corrected chi connectivity index (χ4v) is 1.67. The molecule has 0 amide bonds. The minimum absolute atomic E-state index is 0.0630. The van der Waals surface area contributed by atoms with Crippen LogP contribution < -0.4 is 14.2 Å². The normalized spacial score (nSPS) is 12.5. The van der Waals surface area contributed by atoms with Crippen LogP contribution in [0.2, 0.25) is 0 Å². The third-order valence-electron chi connectivity index (χ3n) is 2.48. The molecule has 0 aliphatic carbocycles. The monoisotopic (exact) mass is 240 g/mol. The lowest BCUT2D eigenvalue weighted by Gasteiger charge is -2.10. The molecule has 2 rings (SSSR count). The number of aromatic hydroxyl groups is 1. The van der Waals surface area contributed by atoms with Crippen LogP contribution in [0.15, 0.2) is 6.07 Å². The molecule has 0 bridgehead atoms. The number of methoxy groups -OCH3 is 1. The first-order valence-electron chi connectivity index (χ1n) is 5.03. The van der Waals surface area contributed by atoms with E-state index in [1.165, 1.54) is 7.11 Å². The van der Waals surface area contributed by atoms with Crippen LogP contribution in [0.25, 0.3) is 0 Å². The number of hydrogen-bond donors (Lipinski definition) is 2. The van der Waals surface area contributed by atoms with Gasteiger partial charge in [-0.3, -0.25) is 4.79 Å². The van der Waals surface area contributed by atoms with E-state index in [1.54, 1.807) is 6.07 Å². The predicted octanol–water partition coefficient (Wildman–Crippen LogP) is 1.15. The first-order chi connectivity index (χ1) is 8.13. The van der Waals surface area contributed by atoms with Gasteiger partial charge < -0.3 is 24.4 Å². The summed E-state index contributed by atoms with van der Waals surface area (Å²) in [6.45, 7) is 0.0630. The number of carboxylic acids is 1. The molecule has 0 saturated carbocycles. The van der Waals surface area contributed by atoms with Crippen molar-refractivity contribution >= 4 is 5.97 Å². The molecule has 0 spiro atoms. The Morgan fingerprint density at radius 3 is 2.94 bits per heavy atom. The Balaban J connectivity index is 2.36. The van der Waals surface area contributed by atoms with Gasteiger partial charge in [0.2, 0.25) is 18.3 Å². The summed E-state index contributed by atoms with van der Waals surface area (Å²) >= 11 is 0. The molecule has 0 fully saturated rings.